The van der Waals surface area contributed by atoms with Crippen LogP contribution in [0, 0.1) is 0 Å². The van der Waals surface area contributed by atoms with Crippen LogP contribution in [-0.4, -0.2) is 28.6 Å². The van der Waals surface area contributed by atoms with Crippen molar-refractivity contribution in [1.82, 2.24) is 0 Å². The summed E-state index contributed by atoms with van der Waals surface area (Å²) in [5.41, 5.74) is 5.76. The molecule has 84 valence electrons. The largest absolute Gasteiger partial charge is 0.462 e. The minimum atomic E-state index is -0.523. The van der Waals surface area contributed by atoms with E-state index in [1.165, 1.54) is 0 Å². The molecule has 14 heavy (non-hydrogen) atoms. The Labute approximate surface area is 90.8 Å². The molecule has 2 unspecified atom stereocenters. The number of thioether (sulfide) groups is 1. The molecule has 0 aromatic carbocycles. The van der Waals surface area contributed by atoms with Gasteiger partial charge in [-0.15, -0.1) is 0 Å². The highest BCUT2D eigenvalue weighted by Crippen LogP contribution is 2.19. The number of rotatable bonds is 5. The molecule has 0 fully saturated rings. The Hall–Kier alpha value is -0.220. The molecular formula is C10H21NO2S. The lowest BCUT2D eigenvalue weighted by Gasteiger charge is -2.20. The Bertz CT molecular complexity index is 183. The summed E-state index contributed by atoms with van der Waals surface area (Å²) in [6.07, 6.45) is -0.0928. The second-order valence-corrected chi connectivity index (χ2v) is 5.86. The van der Waals surface area contributed by atoms with E-state index in [4.69, 9.17) is 10.5 Å². The molecule has 0 radical (unpaired) electrons. The zero-order valence-electron chi connectivity index (χ0n) is 9.61. The first kappa shape index (κ1) is 13.8. The lowest BCUT2D eigenvalue weighted by molar-refractivity contribution is -0.148. The van der Waals surface area contributed by atoms with Crippen LogP contribution < -0.4 is 5.73 Å². The summed E-state index contributed by atoms with van der Waals surface area (Å²) >= 11 is 1.69. The van der Waals surface area contributed by atoms with Gasteiger partial charge in [0.05, 0.1) is 6.10 Å². The van der Waals surface area contributed by atoms with E-state index >= 15 is 0 Å². The van der Waals surface area contributed by atoms with Crippen molar-refractivity contribution >= 4 is 17.7 Å². The van der Waals surface area contributed by atoms with Crippen molar-refractivity contribution in [2.24, 2.45) is 5.73 Å². The Morgan fingerprint density at radius 1 is 1.21 bits per heavy atom. The molecule has 3 nitrogen and oxygen atoms in total. The zero-order chi connectivity index (χ0) is 11.3. The molecule has 0 bridgehead atoms. The molecule has 0 aromatic heterocycles. The van der Waals surface area contributed by atoms with E-state index < -0.39 is 6.04 Å². The Morgan fingerprint density at radius 3 is 2.07 bits per heavy atom. The third kappa shape index (κ3) is 5.50. The van der Waals surface area contributed by atoms with Crippen molar-refractivity contribution < 1.29 is 9.53 Å². The van der Waals surface area contributed by atoms with E-state index in [1.54, 1.807) is 11.8 Å². The number of carbonyl (C=O) groups is 1. The van der Waals surface area contributed by atoms with Gasteiger partial charge in [-0.2, -0.15) is 11.8 Å². The number of carbonyl (C=O) groups excluding carboxylic acids is 1. The van der Waals surface area contributed by atoms with Crippen LogP contribution in [0.2, 0.25) is 0 Å². The normalized spacial score (nSPS) is 15.7. The summed E-state index contributed by atoms with van der Waals surface area (Å²) in [5, 5.41) is 0.573. The molecule has 0 saturated heterocycles. The van der Waals surface area contributed by atoms with Crippen LogP contribution in [0.4, 0.5) is 0 Å². The number of ether oxygens (including phenoxy) is 1. The van der Waals surface area contributed by atoms with Crippen LogP contribution in [0.25, 0.3) is 0 Å². The zero-order valence-corrected chi connectivity index (χ0v) is 10.4. The summed E-state index contributed by atoms with van der Waals surface area (Å²) in [5.74, 6) is -0.305. The molecule has 4 heteroatoms. The highest BCUT2D eigenvalue weighted by Gasteiger charge is 2.24. The maximum absolute atomic E-state index is 11.4. The monoisotopic (exact) mass is 219 g/mol. The highest BCUT2D eigenvalue weighted by molar-refractivity contribution is 8.00. The standard InChI is InChI=1S/C10H21NO2S/c1-6(2)13-10(12)9(11)8(5)14-7(3)4/h6-9H,11H2,1-5H3. The topological polar surface area (TPSA) is 52.3 Å². The molecule has 0 aromatic rings. The van der Waals surface area contributed by atoms with E-state index in [-0.39, 0.29) is 17.3 Å². The summed E-state index contributed by atoms with van der Waals surface area (Å²) in [6.45, 7) is 9.77. The molecule has 2 N–H and O–H groups in total. The fraction of sp³-hybridized carbons (Fsp3) is 0.900. The summed E-state index contributed by atoms with van der Waals surface area (Å²) < 4.78 is 5.04. The SMILES string of the molecule is CC(C)OC(=O)C(N)C(C)SC(C)C. The van der Waals surface area contributed by atoms with Crippen LogP contribution >= 0.6 is 11.8 Å². The molecule has 0 aliphatic rings. The Morgan fingerprint density at radius 2 is 1.71 bits per heavy atom. The van der Waals surface area contributed by atoms with Gasteiger partial charge in [0.15, 0.2) is 0 Å². The van der Waals surface area contributed by atoms with Crippen LogP contribution in [-0.2, 0) is 9.53 Å². The molecule has 0 rings (SSSR count). The summed E-state index contributed by atoms with van der Waals surface area (Å²) in [6, 6.07) is -0.523. The minimum absolute atomic E-state index is 0.0928. The van der Waals surface area contributed by atoms with Crippen molar-refractivity contribution in [2.45, 2.75) is 57.3 Å². The first-order chi connectivity index (χ1) is 6.34. The van der Waals surface area contributed by atoms with Crippen molar-refractivity contribution in [2.75, 3.05) is 0 Å². The summed E-state index contributed by atoms with van der Waals surface area (Å²) in [4.78, 5) is 11.4. The van der Waals surface area contributed by atoms with E-state index in [0.717, 1.165) is 0 Å². The Balaban J connectivity index is 4.03. The van der Waals surface area contributed by atoms with Gasteiger partial charge >= 0.3 is 5.97 Å². The smallest absolute Gasteiger partial charge is 0.324 e. The molecule has 0 amide bonds. The molecule has 2 atom stereocenters. The Kier molecular flexibility index (Phi) is 6.20. The molecule has 0 spiro atoms. The van der Waals surface area contributed by atoms with Gasteiger partial charge in [0, 0.05) is 5.25 Å². The average Bonchev–Trinajstić information content (AvgIpc) is 2.00. The number of hydrogen-bond donors (Lipinski definition) is 1. The van der Waals surface area contributed by atoms with Crippen molar-refractivity contribution in [1.29, 1.82) is 0 Å². The van der Waals surface area contributed by atoms with Crippen LogP contribution in [0.5, 0.6) is 0 Å². The van der Waals surface area contributed by atoms with E-state index in [0.29, 0.717) is 5.25 Å². The van der Waals surface area contributed by atoms with Crippen LogP contribution in [0.3, 0.4) is 0 Å². The molecule has 0 saturated carbocycles. The van der Waals surface area contributed by atoms with Crippen molar-refractivity contribution in [3.8, 4) is 0 Å². The third-order valence-corrected chi connectivity index (χ3v) is 2.88. The average molecular weight is 219 g/mol. The van der Waals surface area contributed by atoms with E-state index in [9.17, 15) is 4.79 Å². The van der Waals surface area contributed by atoms with Crippen molar-refractivity contribution in [3.63, 3.8) is 0 Å². The minimum Gasteiger partial charge on any atom is -0.462 e. The van der Waals surface area contributed by atoms with Gasteiger partial charge in [-0.25, -0.2) is 0 Å². The van der Waals surface area contributed by atoms with Crippen molar-refractivity contribution in [3.05, 3.63) is 0 Å². The fourth-order valence-electron chi connectivity index (χ4n) is 1.02. The second-order valence-electron chi connectivity index (χ2n) is 3.90. The molecular weight excluding hydrogens is 198 g/mol. The number of hydrogen-bond acceptors (Lipinski definition) is 4. The lowest BCUT2D eigenvalue weighted by Crippen LogP contribution is -2.41. The maximum atomic E-state index is 11.4. The lowest BCUT2D eigenvalue weighted by atomic mass is 10.2. The van der Waals surface area contributed by atoms with Gasteiger partial charge < -0.3 is 10.5 Å². The third-order valence-electron chi connectivity index (χ3n) is 1.62. The molecule has 0 aliphatic carbocycles. The first-order valence-corrected chi connectivity index (χ1v) is 5.90. The molecule has 0 aliphatic heterocycles. The second kappa shape index (κ2) is 6.30. The van der Waals surface area contributed by atoms with Gasteiger partial charge in [0.1, 0.15) is 6.04 Å². The van der Waals surface area contributed by atoms with Gasteiger partial charge in [-0.1, -0.05) is 20.8 Å². The first-order valence-electron chi connectivity index (χ1n) is 4.96. The van der Waals surface area contributed by atoms with Gasteiger partial charge in [0.2, 0.25) is 0 Å². The predicted molar refractivity (Wildman–Crippen MR) is 61.4 cm³/mol. The number of esters is 1. The van der Waals surface area contributed by atoms with E-state index in [1.807, 2.05) is 20.8 Å². The van der Waals surface area contributed by atoms with Gasteiger partial charge in [-0.05, 0) is 19.1 Å². The maximum Gasteiger partial charge on any atom is 0.324 e. The fourth-order valence-corrected chi connectivity index (χ4v) is 2.16. The van der Waals surface area contributed by atoms with Crippen LogP contribution in [0.15, 0.2) is 0 Å². The van der Waals surface area contributed by atoms with Gasteiger partial charge in [-0.3, -0.25) is 4.79 Å². The molecule has 0 heterocycles. The summed E-state index contributed by atoms with van der Waals surface area (Å²) in [7, 11) is 0. The van der Waals surface area contributed by atoms with Crippen LogP contribution in [0.1, 0.15) is 34.6 Å². The van der Waals surface area contributed by atoms with E-state index in [2.05, 4.69) is 13.8 Å². The highest BCUT2D eigenvalue weighted by atomic mass is 32.2. The van der Waals surface area contributed by atoms with Gasteiger partial charge in [0.25, 0.3) is 0 Å². The quantitative estimate of drug-likeness (QED) is 0.716. The number of nitrogens with two attached hydrogens (primary N) is 1. The predicted octanol–water partition coefficient (Wildman–Crippen LogP) is 1.80.